The third-order valence-electron chi connectivity index (χ3n) is 7.67. The summed E-state index contributed by atoms with van der Waals surface area (Å²) in [5, 5.41) is 18.2. The lowest BCUT2D eigenvalue weighted by Gasteiger charge is -2.53. The zero-order valence-corrected chi connectivity index (χ0v) is 19.7. The lowest BCUT2D eigenvalue weighted by molar-refractivity contribution is -0.0200. The third kappa shape index (κ3) is 3.88. The number of nitrogens with zero attached hydrogens (tertiary/aromatic N) is 3. The molecule has 2 fully saturated rings. The molecule has 3 heterocycles. The molecule has 8 nitrogen and oxygen atoms in total. The highest BCUT2D eigenvalue weighted by Gasteiger charge is 2.47. The Morgan fingerprint density at radius 2 is 1.80 bits per heavy atom. The molecule has 1 aliphatic heterocycles. The summed E-state index contributed by atoms with van der Waals surface area (Å²) < 4.78 is 0. The van der Waals surface area contributed by atoms with Crippen molar-refractivity contribution >= 4 is 22.7 Å². The summed E-state index contributed by atoms with van der Waals surface area (Å²) in [6, 6.07) is 16.4. The van der Waals surface area contributed by atoms with Gasteiger partial charge < -0.3 is 10.2 Å². The lowest BCUT2D eigenvalue weighted by Crippen LogP contribution is -2.60. The van der Waals surface area contributed by atoms with Gasteiger partial charge in [-0.1, -0.05) is 36.4 Å². The summed E-state index contributed by atoms with van der Waals surface area (Å²) in [5.74, 6) is -0.0800. The van der Waals surface area contributed by atoms with Crippen molar-refractivity contribution < 1.29 is 9.59 Å². The fourth-order valence-corrected chi connectivity index (χ4v) is 5.58. The molecular weight excluding hydrogens is 440 g/mol. The summed E-state index contributed by atoms with van der Waals surface area (Å²) >= 11 is 0. The molecule has 1 aliphatic carbocycles. The summed E-state index contributed by atoms with van der Waals surface area (Å²) in [7, 11) is 0. The van der Waals surface area contributed by atoms with Gasteiger partial charge in [-0.3, -0.25) is 19.8 Å². The Morgan fingerprint density at radius 1 is 1.03 bits per heavy atom. The fraction of sp³-hybridized carbons (Fsp3) is 0.333. The van der Waals surface area contributed by atoms with Crippen LogP contribution in [0.25, 0.3) is 22.0 Å². The summed E-state index contributed by atoms with van der Waals surface area (Å²) in [6.45, 7) is 3.36. The molecule has 6 rings (SSSR count). The normalized spacial score (nSPS) is 17.5. The van der Waals surface area contributed by atoms with E-state index < -0.39 is 0 Å². The smallest absolute Gasteiger partial charge is 0.275 e. The number of fused-ring (bicyclic) bond motifs is 1. The first-order valence-corrected chi connectivity index (χ1v) is 12.2. The third-order valence-corrected chi connectivity index (χ3v) is 7.67. The topological polar surface area (TPSA) is 107 Å². The van der Waals surface area contributed by atoms with Gasteiger partial charge in [0.1, 0.15) is 0 Å². The lowest BCUT2D eigenvalue weighted by atomic mass is 9.67. The number of H-pyrrole nitrogens is 2. The highest BCUT2D eigenvalue weighted by Crippen LogP contribution is 2.44. The highest BCUT2D eigenvalue weighted by atomic mass is 16.2. The number of carbonyl (C=O) groups is 2. The Kier molecular flexibility index (Phi) is 5.16. The predicted molar refractivity (Wildman–Crippen MR) is 133 cm³/mol. The molecule has 1 saturated carbocycles. The van der Waals surface area contributed by atoms with Crippen molar-refractivity contribution in [1.29, 1.82) is 0 Å². The molecule has 3 N–H and O–H groups in total. The second-order valence-corrected chi connectivity index (χ2v) is 10.0. The number of aryl methyl sites for hydroxylation is 1. The number of likely N-dealkylation sites (tertiary alicyclic amines) is 1. The SMILES string of the molecule is Cc1[nH]ncc1C(=O)NC1CCC2(CC1)CN(C(=O)c1n[nH]c3cc(-c4ccccc4)ccc13)C2. The van der Waals surface area contributed by atoms with Gasteiger partial charge in [-0.15, -0.1) is 0 Å². The van der Waals surface area contributed by atoms with Crippen molar-refractivity contribution in [3.8, 4) is 11.1 Å². The molecule has 178 valence electrons. The molecule has 2 aromatic carbocycles. The summed E-state index contributed by atoms with van der Waals surface area (Å²) in [5.41, 5.74) is 5.14. The van der Waals surface area contributed by atoms with E-state index in [1.165, 1.54) is 0 Å². The average Bonchev–Trinajstić information content (AvgIpc) is 3.49. The van der Waals surface area contributed by atoms with Gasteiger partial charge in [0.25, 0.3) is 11.8 Å². The quantitative estimate of drug-likeness (QED) is 0.420. The van der Waals surface area contributed by atoms with E-state index in [0.717, 1.165) is 66.5 Å². The van der Waals surface area contributed by atoms with Gasteiger partial charge in [0.05, 0.1) is 17.3 Å². The fourth-order valence-electron chi connectivity index (χ4n) is 5.58. The first kappa shape index (κ1) is 21.6. The van der Waals surface area contributed by atoms with Crippen molar-refractivity contribution in [2.75, 3.05) is 13.1 Å². The molecule has 1 spiro atoms. The largest absolute Gasteiger partial charge is 0.349 e. The van der Waals surface area contributed by atoms with Crippen LogP contribution in [-0.2, 0) is 0 Å². The van der Waals surface area contributed by atoms with Gasteiger partial charge >= 0.3 is 0 Å². The molecule has 0 bridgehead atoms. The molecule has 2 aromatic heterocycles. The number of rotatable bonds is 4. The van der Waals surface area contributed by atoms with E-state index in [2.05, 4.69) is 37.8 Å². The van der Waals surface area contributed by atoms with E-state index in [0.29, 0.717) is 11.3 Å². The van der Waals surface area contributed by atoms with E-state index in [4.69, 9.17) is 0 Å². The van der Waals surface area contributed by atoms with Crippen molar-refractivity contribution in [1.82, 2.24) is 30.6 Å². The number of nitrogens with one attached hydrogen (secondary N) is 3. The number of hydrogen-bond acceptors (Lipinski definition) is 4. The van der Waals surface area contributed by atoms with E-state index in [-0.39, 0.29) is 23.3 Å². The second-order valence-electron chi connectivity index (χ2n) is 10.0. The van der Waals surface area contributed by atoms with Gasteiger partial charge in [0.2, 0.25) is 0 Å². The van der Waals surface area contributed by atoms with Crippen LogP contribution in [0.1, 0.15) is 52.2 Å². The number of amides is 2. The minimum atomic E-state index is -0.0663. The number of hydrogen-bond donors (Lipinski definition) is 3. The number of benzene rings is 2. The number of carbonyl (C=O) groups excluding carboxylic acids is 2. The molecule has 0 atom stereocenters. The van der Waals surface area contributed by atoms with Crippen LogP contribution < -0.4 is 5.32 Å². The van der Waals surface area contributed by atoms with Crippen molar-refractivity contribution in [3.05, 3.63) is 71.7 Å². The minimum absolute atomic E-state index is 0.0137. The van der Waals surface area contributed by atoms with Crippen LogP contribution in [0.15, 0.2) is 54.7 Å². The van der Waals surface area contributed by atoms with Crippen LogP contribution in [0.4, 0.5) is 0 Å². The van der Waals surface area contributed by atoms with Crippen LogP contribution in [0.2, 0.25) is 0 Å². The zero-order valence-electron chi connectivity index (χ0n) is 19.7. The molecule has 8 heteroatoms. The van der Waals surface area contributed by atoms with Gasteiger partial charge in [-0.25, -0.2) is 0 Å². The Balaban J connectivity index is 1.07. The maximum Gasteiger partial charge on any atom is 0.275 e. The maximum atomic E-state index is 13.2. The van der Waals surface area contributed by atoms with E-state index >= 15 is 0 Å². The molecule has 1 saturated heterocycles. The monoisotopic (exact) mass is 468 g/mol. The van der Waals surface area contributed by atoms with Gasteiger partial charge in [-0.2, -0.15) is 10.2 Å². The number of aromatic nitrogens is 4. The van der Waals surface area contributed by atoms with Crippen LogP contribution >= 0.6 is 0 Å². The average molecular weight is 469 g/mol. The van der Waals surface area contributed by atoms with Crippen LogP contribution in [0, 0.1) is 12.3 Å². The first-order chi connectivity index (χ1) is 17.0. The van der Waals surface area contributed by atoms with E-state index in [1.54, 1.807) is 6.20 Å². The van der Waals surface area contributed by atoms with E-state index in [9.17, 15) is 9.59 Å². The Morgan fingerprint density at radius 3 is 2.51 bits per heavy atom. The van der Waals surface area contributed by atoms with Crippen molar-refractivity contribution in [2.45, 2.75) is 38.6 Å². The molecule has 0 unspecified atom stereocenters. The van der Waals surface area contributed by atoms with Crippen LogP contribution in [0.5, 0.6) is 0 Å². The Hall–Kier alpha value is -3.94. The van der Waals surface area contributed by atoms with Crippen LogP contribution in [-0.4, -0.2) is 56.2 Å². The van der Waals surface area contributed by atoms with Crippen molar-refractivity contribution in [3.63, 3.8) is 0 Å². The van der Waals surface area contributed by atoms with E-state index in [1.807, 2.05) is 48.2 Å². The minimum Gasteiger partial charge on any atom is -0.349 e. The van der Waals surface area contributed by atoms with Crippen LogP contribution in [0.3, 0.4) is 0 Å². The predicted octanol–water partition coefficient (Wildman–Crippen LogP) is 4.08. The maximum absolute atomic E-state index is 13.2. The van der Waals surface area contributed by atoms with Gasteiger partial charge in [0, 0.05) is 35.6 Å². The Labute approximate surface area is 203 Å². The molecule has 35 heavy (non-hydrogen) atoms. The zero-order chi connectivity index (χ0) is 24.0. The molecule has 0 radical (unpaired) electrons. The molecule has 2 aliphatic rings. The molecule has 4 aromatic rings. The second kappa shape index (κ2) is 8.37. The van der Waals surface area contributed by atoms with Crippen molar-refractivity contribution in [2.24, 2.45) is 5.41 Å². The summed E-state index contributed by atoms with van der Waals surface area (Å²) in [6.07, 6.45) is 5.45. The van der Waals surface area contributed by atoms with Gasteiger partial charge in [0.15, 0.2) is 5.69 Å². The number of aromatic amines is 2. The van der Waals surface area contributed by atoms with Gasteiger partial charge in [-0.05, 0) is 55.9 Å². The molecular formula is C27H28N6O2. The highest BCUT2D eigenvalue weighted by molar-refractivity contribution is 6.05. The summed E-state index contributed by atoms with van der Waals surface area (Å²) in [4.78, 5) is 27.6. The standard InChI is InChI=1S/C27H28N6O2/c1-17-22(14-28-30-17)25(34)29-20-9-11-27(12-10-20)15-33(16-27)26(35)24-21-8-7-19(13-23(21)31-32-24)18-5-3-2-4-6-18/h2-8,13-14,20H,9-12,15-16H2,1H3,(H,28,30)(H,29,34)(H,31,32). The first-order valence-electron chi connectivity index (χ1n) is 12.2. The Bertz CT molecular complexity index is 1390. The molecule has 2 amide bonds.